The van der Waals surface area contributed by atoms with Crippen molar-refractivity contribution in [2.24, 2.45) is 0 Å². The van der Waals surface area contributed by atoms with Crippen molar-refractivity contribution in [1.29, 1.82) is 0 Å². The van der Waals surface area contributed by atoms with E-state index >= 15 is 0 Å². The van der Waals surface area contributed by atoms with Gasteiger partial charge in [-0.05, 0) is 24.1 Å². The van der Waals surface area contributed by atoms with Gasteiger partial charge in [0.2, 0.25) is 0 Å². The highest BCUT2D eigenvalue weighted by atomic mass is 19.1. The lowest BCUT2D eigenvalue weighted by Crippen LogP contribution is -2.23. The van der Waals surface area contributed by atoms with Crippen LogP contribution in [-0.2, 0) is 4.74 Å². The molecule has 0 spiro atoms. The zero-order valence-electron chi connectivity index (χ0n) is 7.82. The van der Waals surface area contributed by atoms with Crippen molar-refractivity contribution >= 4 is 0 Å². The SMILES string of the molecule is OC1CCOC(c2ccc(F)cc2)C1. The van der Waals surface area contributed by atoms with Crippen molar-refractivity contribution in [3.8, 4) is 0 Å². The van der Waals surface area contributed by atoms with E-state index in [-0.39, 0.29) is 18.0 Å². The molecule has 2 nitrogen and oxygen atoms in total. The summed E-state index contributed by atoms with van der Waals surface area (Å²) in [7, 11) is 0. The Balaban J connectivity index is 2.10. The molecule has 0 aliphatic carbocycles. The summed E-state index contributed by atoms with van der Waals surface area (Å²) in [6.45, 7) is 0.573. The second kappa shape index (κ2) is 4.07. The molecule has 1 aromatic rings. The van der Waals surface area contributed by atoms with Gasteiger partial charge in [-0.3, -0.25) is 0 Å². The number of hydrogen-bond donors (Lipinski definition) is 1. The molecule has 2 atom stereocenters. The summed E-state index contributed by atoms with van der Waals surface area (Å²) in [5, 5.41) is 9.44. The van der Waals surface area contributed by atoms with Gasteiger partial charge < -0.3 is 9.84 Å². The van der Waals surface area contributed by atoms with E-state index in [9.17, 15) is 9.50 Å². The van der Waals surface area contributed by atoms with Crippen molar-refractivity contribution in [1.82, 2.24) is 0 Å². The van der Waals surface area contributed by atoms with Gasteiger partial charge in [0.1, 0.15) is 5.82 Å². The molecule has 3 heteroatoms. The molecule has 1 fully saturated rings. The molecule has 2 unspecified atom stereocenters. The maximum atomic E-state index is 12.6. The summed E-state index contributed by atoms with van der Waals surface area (Å²) in [6, 6.07) is 6.25. The van der Waals surface area contributed by atoms with Crippen molar-refractivity contribution < 1.29 is 14.2 Å². The van der Waals surface area contributed by atoms with Crippen LogP contribution < -0.4 is 0 Å². The van der Waals surface area contributed by atoms with Crippen LogP contribution in [-0.4, -0.2) is 17.8 Å². The third-order valence-electron chi connectivity index (χ3n) is 2.50. The van der Waals surface area contributed by atoms with Crippen LogP contribution in [0.25, 0.3) is 0 Å². The second-order valence-electron chi connectivity index (χ2n) is 3.59. The number of aliphatic hydroxyl groups is 1. The van der Waals surface area contributed by atoms with E-state index in [1.54, 1.807) is 12.1 Å². The number of hydrogen-bond acceptors (Lipinski definition) is 2. The first-order chi connectivity index (χ1) is 6.75. The minimum absolute atomic E-state index is 0.0839. The van der Waals surface area contributed by atoms with E-state index in [1.165, 1.54) is 12.1 Å². The number of ether oxygens (including phenoxy) is 1. The molecule has 1 aliphatic heterocycles. The Morgan fingerprint density at radius 2 is 2.00 bits per heavy atom. The van der Waals surface area contributed by atoms with Crippen LogP contribution in [0.4, 0.5) is 4.39 Å². The predicted molar refractivity (Wildman–Crippen MR) is 50.3 cm³/mol. The zero-order valence-corrected chi connectivity index (χ0v) is 7.82. The first kappa shape index (κ1) is 9.62. The number of rotatable bonds is 1. The van der Waals surface area contributed by atoms with Crippen LogP contribution in [0.5, 0.6) is 0 Å². The average molecular weight is 196 g/mol. The fourth-order valence-electron chi connectivity index (χ4n) is 1.69. The van der Waals surface area contributed by atoms with Crippen LogP contribution in [0.3, 0.4) is 0 Å². The summed E-state index contributed by atoms with van der Waals surface area (Å²) < 4.78 is 18.1. The molecule has 0 saturated carbocycles. The first-order valence-corrected chi connectivity index (χ1v) is 4.81. The topological polar surface area (TPSA) is 29.5 Å². The van der Waals surface area contributed by atoms with Gasteiger partial charge in [0.15, 0.2) is 0 Å². The van der Waals surface area contributed by atoms with Crippen molar-refractivity contribution in [2.45, 2.75) is 25.0 Å². The van der Waals surface area contributed by atoms with Gasteiger partial charge in [0, 0.05) is 13.0 Å². The largest absolute Gasteiger partial charge is 0.393 e. The van der Waals surface area contributed by atoms with E-state index in [4.69, 9.17) is 4.74 Å². The van der Waals surface area contributed by atoms with Crippen molar-refractivity contribution in [3.63, 3.8) is 0 Å². The summed E-state index contributed by atoms with van der Waals surface area (Å²) in [4.78, 5) is 0. The quantitative estimate of drug-likeness (QED) is 0.744. The molecule has 0 radical (unpaired) electrons. The van der Waals surface area contributed by atoms with Crippen LogP contribution >= 0.6 is 0 Å². The molecule has 76 valence electrons. The highest BCUT2D eigenvalue weighted by molar-refractivity contribution is 5.19. The van der Waals surface area contributed by atoms with E-state index in [2.05, 4.69) is 0 Å². The van der Waals surface area contributed by atoms with Gasteiger partial charge in [0.05, 0.1) is 12.2 Å². The minimum atomic E-state index is -0.293. The fraction of sp³-hybridized carbons (Fsp3) is 0.455. The molecule has 1 heterocycles. The van der Waals surface area contributed by atoms with Crippen LogP contribution in [0.1, 0.15) is 24.5 Å². The van der Waals surface area contributed by atoms with E-state index in [0.717, 1.165) is 5.56 Å². The van der Waals surface area contributed by atoms with Gasteiger partial charge in [0.25, 0.3) is 0 Å². The van der Waals surface area contributed by atoms with Crippen molar-refractivity contribution in [3.05, 3.63) is 35.6 Å². The Morgan fingerprint density at radius 3 is 2.64 bits per heavy atom. The summed E-state index contributed by atoms with van der Waals surface area (Å²) in [5.41, 5.74) is 0.935. The monoisotopic (exact) mass is 196 g/mol. The van der Waals surface area contributed by atoms with Gasteiger partial charge in [-0.25, -0.2) is 4.39 Å². The minimum Gasteiger partial charge on any atom is -0.393 e. The maximum absolute atomic E-state index is 12.6. The number of halogens is 1. The molecule has 1 aromatic carbocycles. The fourth-order valence-corrected chi connectivity index (χ4v) is 1.69. The highest BCUT2D eigenvalue weighted by Gasteiger charge is 2.21. The molecule has 14 heavy (non-hydrogen) atoms. The Hall–Kier alpha value is -0.930. The molecular formula is C11H13FO2. The normalized spacial score (nSPS) is 27.6. The molecule has 1 aliphatic rings. The first-order valence-electron chi connectivity index (χ1n) is 4.81. The number of aliphatic hydroxyl groups excluding tert-OH is 1. The summed E-state index contributed by atoms with van der Waals surface area (Å²) >= 11 is 0. The van der Waals surface area contributed by atoms with Crippen LogP contribution in [0, 0.1) is 5.82 Å². The van der Waals surface area contributed by atoms with Gasteiger partial charge in [-0.15, -0.1) is 0 Å². The van der Waals surface area contributed by atoms with Gasteiger partial charge in [-0.1, -0.05) is 12.1 Å². The van der Waals surface area contributed by atoms with Gasteiger partial charge in [-0.2, -0.15) is 0 Å². The molecule has 2 rings (SSSR count). The molecule has 0 bridgehead atoms. The Morgan fingerprint density at radius 1 is 1.29 bits per heavy atom. The molecule has 1 saturated heterocycles. The Bertz CT molecular complexity index is 297. The van der Waals surface area contributed by atoms with E-state index < -0.39 is 0 Å². The standard InChI is InChI=1S/C11H13FO2/c12-9-3-1-8(2-4-9)11-7-10(13)5-6-14-11/h1-4,10-11,13H,5-7H2. The molecular weight excluding hydrogens is 183 g/mol. The molecule has 0 amide bonds. The third-order valence-corrected chi connectivity index (χ3v) is 2.50. The number of benzene rings is 1. The van der Waals surface area contributed by atoms with Crippen LogP contribution in [0.15, 0.2) is 24.3 Å². The Kier molecular flexibility index (Phi) is 2.79. The lowest BCUT2D eigenvalue weighted by atomic mass is 9.99. The zero-order chi connectivity index (χ0) is 9.97. The highest BCUT2D eigenvalue weighted by Crippen LogP contribution is 2.27. The van der Waals surface area contributed by atoms with E-state index in [0.29, 0.717) is 19.4 Å². The van der Waals surface area contributed by atoms with Crippen molar-refractivity contribution in [2.75, 3.05) is 6.61 Å². The molecule has 0 aromatic heterocycles. The Labute approximate surface area is 82.3 Å². The lowest BCUT2D eigenvalue weighted by Gasteiger charge is -2.26. The average Bonchev–Trinajstić information content (AvgIpc) is 2.19. The maximum Gasteiger partial charge on any atom is 0.123 e. The van der Waals surface area contributed by atoms with Crippen LogP contribution in [0.2, 0.25) is 0 Å². The summed E-state index contributed by atoms with van der Waals surface area (Å²) in [6.07, 6.45) is 0.918. The lowest BCUT2D eigenvalue weighted by molar-refractivity contribution is -0.0448. The predicted octanol–water partition coefficient (Wildman–Crippen LogP) is 2.04. The summed E-state index contributed by atoms with van der Waals surface area (Å²) in [5.74, 6) is -0.245. The third kappa shape index (κ3) is 2.11. The second-order valence-corrected chi connectivity index (χ2v) is 3.59. The van der Waals surface area contributed by atoms with E-state index in [1.807, 2.05) is 0 Å². The smallest absolute Gasteiger partial charge is 0.123 e. The van der Waals surface area contributed by atoms with Gasteiger partial charge >= 0.3 is 0 Å². The molecule has 1 N–H and O–H groups in total.